The van der Waals surface area contributed by atoms with E-state index in [-0.39, 0.29) is 0 Å². The van der Waals surface area contributed by atoms with Gasteiger partial charge in [0.2, 0.25) is 0 Å². The molecule has 1 aliphatic carbocycles. The molecule has 0 bridgehead atoms. The predicted octanol–water partition coefficient (Wildman–Crippen LogP) is 0.947. The number of aliphatic hydroxyl groups excluding tert-OH is 1. The van der Waals surface area contributed by atoms with Crippen molar-refractivity contribution in [3.8, 4) is 6.07 Å². The fraction of sp³-hybridized carbons (Fsp3) is 0.900. The molecule has 1 aliphatic heterocycles. The lowest BCUT2D eigenvalue weighted by molar-refractivity contribution is -0.192. The van der Waals surface area contributed by atoms with Crippen molar-refractivity contribution in [2.45, 2.75) is 50.1 Å². The van der Waals surface area contributed by atoms with E-state index in [2.05, 4.69) is 0 Å². The van der Waals surface area contributed by atoms with Gasteiger partial charge in [-0.3, -0.25) is 0 Å². The van der Waals surface area contributed by atoms with Crippen LogP contribution in [-0.2, 0) is 9.47 Å². The van der Waals surface area contributed by atoms with Gasteiger partial charge in [-0.05, 0) is 12.8 Å². The Balaban J connectivity index is 1.96. The van der Waals surface area contributed by atoms with Crippen molar-refractivity contribution < 1.29 is 14.6 Å². The molecule has 0 aromatic rings. The quantitative estimate of drug-likeness (QED) is 0.635. The van der Waals surface area contributed by atoms with Gasteiger partial charge in [0.1, 0.15) is 6.10 Å². The lowest BCUT2D eigenvalue weighted by Gasteiger charge is -2.31. The molecule has 2 aliphatic rings. The zero-order chi connectivity index (χ0) is 10.0. The van der Waals surface area contributed by atoms with Crippen LogP contribution in [0.4, 0.5) is 0 Å². The summed E-state index contributed by atoms with van der Waals surface area (Å²) in [5.41, 5.74) is 0. The van der Waals surface area contributed by atoms with Crippen LogP contribution in [0.3, 0.4) is 0 Å². The molecule has 0 amide bonds. The summed E-state index contributed by atoms with van der Waals surface area (Å²) in [5.74, 6) is -0.485. The van der Waals surface area contributed by atoms with Crippen LogP contribution in [0.5, 0.6) is 0 Å². The summed E-state index contributed by atoms with van der Waals surface area (Å²) >= 11 is 0. The molecular formula is C10H15NO3. The maximum absolute atomic E-state index is 9.31. The lowest BCUT2D eigenvalue weighted by atomic mass is 9.94. The Morgan fingerprint density at radius 3 is 2.71 bits per heavy atom. The highest BCUT2D eigenvalue weighted by molar-refractivity contribution is 4.94. The van der Waals surface area contributed by atoms with E-state index in [9.17, 15) is 5.11 Å². The molecule has 1 N–H and O–H groups in total. The average Bonchev–Trinajstić information content (AvgIpc) is 2.62. The van der Waals surface area contributed by atoms with E-state index in [0.717, 1.165) is 25.7 Å². The van der Waals surface area contributed by atoms with E-state index in [0.29, 0.717) is 6.61 Å². The topological polar surface area (TPSA) is 62.5 Å². The van der Waals surface area contributed by atoms with Crippen LogP contribution in [0, 0.1) is 11.3 Å². The zero-order valence-electron chi connectivity index (χ0n) is 8.11. The molecule has 2 fully saturated rings. The third-order valence-electron chi connectivity index (χ3n) is 2.98. The molecule has 0 aromatic heterocycles. The van der Waals surface area contributed by atoms with E-state index in [1.165, 1.54) is 6.42 Å². The molecular weight excluding hydrogens is 182 g/mol. The summed E-state index contributed by atoms with van der Waals surface area (Å²) in [6, 6.07) is 1.78. The molecule has 0 radical (unpaired) electrons. The number of nitrogens with zero attached hydrogens (tertiary/aromatic N) is 1. The first kappa shape index (κ1) is 9.91. The standard InChI is InChI=1S/C10H15NO3/c11-6-8(12)9-7-13-10(14-9)4-2-1-3-5-10/h8-9,12H,1-5,7H2. The monoisotopic (exact) mass is 197 g/mol. The number of hydrogen-bond acceptors (Lipinski definition) is 4. The minimum atomic E-state index is -1.06. The summed E-state index contributed by atoms with van der Waals surface area (Å²) in [4.78, 5) is 0. The molecule has 2 unspecified atom stereocenters. The number of ether oxygens (including phenoxy) is 2. The van der Waals surface area contributed by atoms with Gasteiger partial charge < -0.3 is 14.6 Å². The largest absolute Gasteiger partial charge is 0.375 e. The summed E-state index contributed by atoms with van der Waals surface area (Å²) in [7, 11) is 0. The van der Waals surface area contributed by atoms with Gasteiger partial charge in [0.25, 0.3) is 0 Å². The highest BCUT2D eigenvalue weighted by Gasteiger charge is 2.44. The molecule has 0 aromatic carbocycles. The van der Waals surface area contributed by atoms with E-state index in [4.69, 9.17) is 14.7 Å². The smallest absolute Gasteiger partial charge is 0.169 e. The average molecular weight is 197 g/mol. The van der Waals surface area contributed by atoms with E-state index in [1.807, 2.05) is 0 Å². The van der Waals surface area contributed by atoms with Gasteiger partial charge in [-0.1, -0.05) is 6.42 Å². The summed E-state index contributed by atoms with van der Waals surface area (Å²) in [6.07, 6.45) is 3.70. The van der Waals surface area contributed by atoms with Crippen molar-refractivity contribution in [2.24, 2.45) is 0 Å². The molecule has 1 saturated heterocycles. The molecule has 2 atom stereocenters. The van der Waals surface area contributed by atoms with Crippen molar-refractivity contribution in [2.75, 3.05) is 6.61 Å². The SMILES string of the molecule is N#CC(O)C1COC2(CCCCC2)O1. The number of hydrogen-bond donors (Lipinski definition) is 1. The summed E-state index contributed by atoms with van der Waals surface area (Å²) < 4.78 is 11.2. The van der Waals surface area contributed by atoms with Gasteiger partial charge in [-0.15, -0.1) is 0 Å². The Morgan fingerprint density at radius 2 is 2.07 bits per heavy atom. The van der Waals surface area contributed by atoms with Crippen molar-refractivity contribution >= 4 is 0 Å². The Hall–Kier alpha value is -0.630. The first-order chi connectivity index (χ1) is 6.76. The van der Waals surface area contributed by atoms with Crippen LogP contribution in [0.1, 0.15) is 32.1 Å². The predicted molar refractivity (Wildman–Crippen MR) is 48.3 cm³/mol. The van der Waals surface area contributed by atoms with Gasteiger partial charge in [-0.25, -0.2) is 0 Å². The minimum Gasteiger partial charge on any atom is -0.375 e. The lowest BCUT2D eigenvalue weighted by Crippen LogP contribution is -2.35. The van der Waals surface area contributed by atoms with Gasteiger partial charge in [-0.2, -0.15) is 5.26 Å². The van der Waals surface area contributed by atoms with Gasteiger partial charge in [0, 0.05) is 12.8 Å². The third-order valence-corrected chi connectivity index (χ3v) is 2.98. The number of rotatable bonds is 1. The summed E-state index contributed by atoms with van der Waals surface area (Å²) in [5, 5.41) is 17.9. The molecule has 1 saturated carbocycles. The summed E-state index contributed by atoms with van der Waals surface area (Å²) in [6.45, 7) is 0.342. The second kappa shape index (κ2) is 3.85. The maximum atomic E-state index is 9.31. The Labute approximate surface area is 83.4 Å². The third kappa shape index (κ3) is 1.76. The molecule has 1 spiro atoms. The van der Waals surface area contributed by atoms with Crippen molar-refractivity contribution in [3.05, 3.63) is 0 Å². The van der Waals surface area contributed by atoms with Crippen LogP contribution in [0.25, 0.3) is 0 Å². The fourth-order valence-electron chi connectivity index (χ4n) is 2.17. The Kier molecular flexibility index (Phi) is 2.73. The first-order valence-corrected chi connectivity index (χ1v) is 5.15. The van der Waals surface area contributed by atoms with Crippen LogP contribution in [-0.4, -0.2) is 29.7 Å². The van der Waals surface area contributed by atoms with E-state index in [1.54, 1.807) is 6.07 Å². The van der Waals surface area contributed by atoms with Gasteiger partial charge >= 0.3 is 0 Å². The van der Waals surface area contributed by atoms with Crippen molar-refractivity contribution in [1.29, 1.82) is 5.26 Å². The second-order valence-electron chi connectivity index (χ2n) is 4.01. The molecule has 14 heavy (non-hydrogen) atoms. The molecule has 1 heterocycles. The molecule has 4 nitrogen and oxygen atoms in total. The first-order valence-electron chi connectivity index (χ1n) is 5.15. The highest BCUT2D eigenvalue weighted by Crippen LogP contribution is 2.38. The number of aliphatic hydroxyl groups is 1. The number of nitriles is 1. The van der Waals surface area contributed by atoms with Gasteiger partial charge in [0.05, 0.1) is 12.7 Å². The van der Waals surface area contributed by atoms with Gasteiger partial charge in [0.15, 0.2) is 11.9 Å². The van der Waals surface area contributed by atoms with Crippen LogP contribution < -0.4 is 0 Å². The second-order valence-corrected chi connectivity index (χ2v) is 4.01. The molecule has 2 rings (SSSR count). The van der Waals surface area contributed by atoms with Crippen LogP contribution in [0.2, 0.25) is 0 Å². The van der Waals surface area contributed by atoms with Crippen LogP contribution in [0.15, 0.2) is 0 Å². The maximum Gasteiger partial charge on any atom is 0.169 e. The molecule has 78 valence electrons. The molecule has 4 heteroatoms. The Morgan fingerprint density at radius 1 is 1.36 bits per heavy atom. The van der Waals surface area contributed by atoms with Crippen molar-refractivity contribution in [3.63, 3.8) is 0 Å². The minimum absolute atomic E-state index is 0.342. The Bertz CT molecular complexity index is 242. The van der Waals surface area contributed by atoms with E-state index >= 15 is 0 Å². The zero-order valence-corrected chi connectivity index (χ0v) is 8.11. The fourth-order valence-corrected chi connectivity index (χ4v) is 2.17. The van der Waals surface area contributed by atoms with Crippen LogP contribution >= 0.6 is 0 Å². The van der Waals surface area contributed by atoms with Crippen molar-refractivity contribution in [1.82, 2.24) is 0 Å². The highest BCUT2D eigenvalue weighted by atomic mass is 16.7. The normalized spacial score (nSPS) is 32.7. The van der Waals surface area contributed by atoms with E-state index < -0.39 is 18.0 Å².